The van der Waals surface area contributed by atoms with E-state index in [-0.39, 0.29) is 5.91 Å². The fourth-order valence-corrected chi connectivity index (χ4v) is 2.85. The van der Waals surface area contributed by atoms with Gasteiger partial charge in [-0.3, -0.25) is 4.79 Å². The molecule has 0 aliphatic heterocycles. The Labute approximate surface area is 155 Å². The molecule has 7 heteroatoms. The topological polar surface area (TPSA) is 74.5 Å². The molecule has 0 atom stereocenters. The number of imidazole rings is 1. The van der Waals surface area contributed by atoms with Crippen molar-refractivity contribution in [2.45, 2.75) is 33.7 Å². The zero-order valence-electron chi connectivity index (χ0n) is 16.2. The van der Waals surface area contributed by atoms with Crippen LogP contribution in [0.1, 0.15) is 33.0 Å². The Morgan fingerprint density at radius 2 is 1.92 bits per heavy atom. The molecule has 1 aromatic carbocycles. The van der Waals surface area contributed by atoms with Crippen LogP contribution in [0.3, 0.4) is 0 Å². The first-order valence-corrected chi connectivity index (χ1v) is 9.30. The summed E-state index contributed by atoms with van der Waals surface area (Å²) in [6, 6.07) is 8.05. The highest BCUT2D eigenvalue weighted by atomic mass is 16.2. The highest BCUT2D eigenvalue weighted by molar-refractivity contribution is 5.81. The van der Waals surface area contributed by atoms with Crippen molar-refractivity contribution in [2.75, 3.05) is 26.2 Å². The van der Waals surface area contributed by atoms with Crippen molar-refractivity contribution in [3.8, 4) is 0 Å². The van der Waals surface area contributed by atoms with Crippen LogP contribution < -0.4 is 10.6 Å². The second kappa shape index (κ2) is 9.79. The van der Waals surface area contributed by atoms with E-state index in [0.29, 0.717) is 25.5 Å². The molecule has 0 saturated heterocycles. The number of nitrogens with zero attached hydrogens (tertiary/aromatic N) is 4. The Morgan fingerprint density at radius 1 is 1.19 bits per heavy atom. The van der Waals surface area contributed by atoms with Gasteiger partial charge in [-0.05, 0) is 32.9 Å². The van der Waals surface area contributed by atoms with Crippen molar-refractivity contribution in [3.05, 3.63) is 30.1 Å². The van der Waals surface area contributed by atoms with Gasteiger partial charge in [-0.25, -0.2) is 9.98 Å². The number of carbonyl (C=O) groups excluding carboxylic acids is 1. The summed E-state index contributed by atoms with van der Waals surface area (Å²) in [7, 11) is 2.00. The maximum atomic E-state index is 12.1. The second-order valence-corrected chi connectivity index (χ2v) is 6.01. The molecule has 0 radical (unpaired) electrons. The van der Waals surface area contributed by atoms with Crippen LogP contribution in [0.2, 0.25) is 0 Å². The van der Waals surface area contributed by atoms with Gasteiger partial charge in [-0.15, -0.1) is 0 Å². The maximum Gasteiger partial charge on any atom is 0.224 e. The number of aryl methyl sites for hydroxylation is 1. The third-order valence-electron chi connectivity index (χ3n) is 4.35. The lowest BCUT2D eigenvalue weighted by molar-refractivity contribution is -0.130. The number of para-hydroxylation sites is 2. The quantitative estimate of drug-likeness (QED) is 0.558. The number of guanidine groups is 1. The van der Waals surface area contributed by atoms with Crippen LogP contribution in [0.25, 0.3) is 11.0 Å². The summed E-state index contributed by atoms with van der Waals surface area (Å²) in [6.45, 7) is 9.31. The zero-order valence-corrected chi connectivity index (χ0v) is 16.2. The number of benzene rings is 1. The number of amides is 1. The largest absolute Gasteiger partial charge is 0.357 e. The molecule has 0 fully saturated rings. The Bertz CT molecular complexity index is 748. The van der Waals surface area contributed by atoms with E-state index < -0.39 is 0 Å². The average molecular weight is 358 g/mol. The SMILES string of the molecule is CCNC(=NCc1nc2ccccc2n1C)NCCC(=O)N(CC)CC. The van der Waals surface area contributed by atoms with Gasteiger partial charge in [0.05, 0.1) is 11.0 Å². The molecular formula is C19H30N6O. The maximum absolute atomic E-state index is 12.1. The smallest absolute Gasteiger partial charge is 0.224 e. The minimum Gasteiger partial charge on any atom is -0.357 e. The van der Waals surface area contributed by atoms with E-state index in [0.717, 1.165) is 36.5 Å². The first-order chi connectivity index (χ1) is 12.6. The molecule has 2 rings (SSSR count). The molecule has 2 N–H and O–H groups in total. The molecule has 0 aliphatic rings. The predicted molar refractivity (Wildman–Crippen MR) is 106 cm³/mol. The monoisotopic (exact) mass is 358 g/mol. The summed E-state index contributed by atoms with van der Waals surface area (Å²) < 4.78 is 2.06. The number of aromatic nitrogens is 2. The van der Waals surface area contributed by atoms with E-state index in [9.17, 15) is 4.79 Å². The van der Waals surface area contributed by atoms with Crippen LogP contribution in [-0.2, 0) is 18.4 Å². The first kappa shape index (κ1) is 19.8. The number of fused-ring (bicyclic) bond motifs is 1. The zero-order chi connectivity index (χ0) is 18.9. The summed E-state index contributed by atoms with van der Waals surface area (Å²) in [5.74, 6) is 1.77. The van der Waals surface area contributed by atoms with Crippen LogP contribution >= 0.6 is 0 Å². The van der Waals surface area contributed by atoms with Gasteiger partial charge in [0, 0.05) is 39.6 Å². The lowest BCUT2D eigenvalue weighted by Gasteiger charge is -2.19. The number of hydrogen-bond acceptors (Lipinski definition) is 3. The highest BCUT2D eigenvalue weighted by Crippen LogP contribution is 2.14. The summed E-state index contributed by atoms with van der Waals surface area (Å²) in [4.78, 5) is 23.2. The van der Waals surface area contributed by atoms with E-state index >= 15 is 0 Å². The van der Waals surface area contributed by atoms with Crippen molar-refractivity contribution in [1.82, 2.24) is 25.1 Å². The van der Waals surface area contributed by atoms with Crippen molar-refractivity contribution in [1.29, 1.82) is 0 Å². The fraction of sp³-hybridized carbons (Fsp3) is 0.526. The molecule has 1 amide bonds. The van der Waals surface area contributed by atoms with Gasteiger partial charge in [0.2, 0.25) is 5.91 Å². The van der Waals surface area contributed by atoms with E-state index in [1.54, 1.807) is 0 Å². The van der Waals surface area contributed by atoms with Crippen molar-refractivity contribution < 1.29 is 4.79 Å². The van der Waals surface area contributed by atoms with Gasteiger partial charge < -0.3 is 20.1 Å². The van der Waals surface area contributed by atoms with Gasteiger partial charge in [0.25, 0.3) is 0 Å². The third kappa shape index (κ3) is 4.97. The predicted octanol–water partition coefficient (Wildman–Crippen LogP) is 1.89. The number of rotatable bonds is 8. The van der Waals surface area contributed by atoms with Gasteiger partial charge >= 0.3 is 0 Å². The van der Waals surface area contributed by atoms with Crippen LogP contribution in [0.15, 0.2) is 29.3 Å². The van der Waals surface area contributed by atoms with Crippen LogP contribution in [-0.4, -0.2) is 52.5 Å². The molecular weight excluding hydrogens is 328 g/mol. The van der Waals surface area contributed by atoms with Gasteiger partial charge in [-0.1, -0.05) is 12.1 Å². The van der Waals surface area contributed by atoms with Crippen molar-refractivity contribution >= 4 is 22.9 Å². The Balaban J connectivity index is 1.97. The van der Waals surface area contributed by atoms with Crippen LogP contribution in [0, 0.1) is 0 Å². The number of carbonyl (C=O) groups is 1. The van der Waals surface area contributed by atoms with E-state index in [2.05, 4.69) is 31.2 Å². The molecule has 26 heavy (non-hydrogen) atoms. The molecule has 0 spiro atoms. The number of hydrogen-bond donors (Lipinski definition) is 2. The van der Waals surface area contributed by atoms with Crippen LogP contribution in [0.4, 0.5) is 0 Å². The minimum atomic E-state index is 0.161. The summed E-state index contributed by atoms with van der Waals surface area (Å²) in [5, 5.41) is 6.45. The summed E-state index contributed by atoms with van der Waals surface area (Å²) >= 11 is 0. The standard InChI is InChI=1S/C19H30N6O/c1-5-20-19(21-13-12-18(26)25(6-2)7-3)22-14-17-23-15-10-8-9-11-16(15)24(17)4/h8-11H,5-7,12-14H2,1-4H3,(H2,20,21,22). The molecule has 1 heterocycles. The number of nitrogens with one attached hydrogen (secondary N) is 2. The molecule has 1 aromatic heterocycles. The molecule has 0 unspecified atom stereocenters. The van der Waals surface area contributed by atoms with Gasteiger partial charge in [0.1, 0.15) is 12.4 Å². The fourth-order valence-electron chi connectivity index (χ4n) is 2.85. The van der Waals surface area contributed by atoms with E-state index in [1.807, 2.05) is 50.9 Å². The van der Waals surface area contributed by atoms with Gasteiger partial charge in [-0.2, -0.15) is 0 Å². The third-order valence-corrected chi connectivity index (χ3v) is 4.35. The molecule has 2 aromatic rings. The first-order valence-electron chi connectivity index (χ1n) is 9.30. The van der Waals surface area contributed by atoms with E-state index in [4.69, 9.17) is 0 Å². The average Bonchev–Trinajstić information content (AvgIpc) is 2.97. The molecule has 0 aliphatic carbocycles. The van der Waals surface area contributed by atoms with Crippen molar-refractivity contribution in [3.63, 3.8) is 0 Å². The van der Waals surface area contributed by atoms with Crippen molar-refractivity contribution in [2.24, 2.45) is 12.0 Å². The highest BCUT2D eigenvalue weighted by Gasteiger charge is 2.10. The molecule has 0 saturated carbocycles. The van der Waals surface area contributed by atoms with Crippen LogP contribution in [0.5, 0.6) is 0 Å². The Morgan fingerprint density at radius 3 is 2.58 bits per heavy atom. The minimum absolute atomic E-state index is 0.161. The Kier molecular flexibility index (Phi) is 7.44. The van der Waals surface area contributed by atoms with Gasteiger partial charge in [0.15, 0.2) is 5.96 Å². The molecule has 142 valence electrons. The lowest BCUT2D eigenvalue weighted by Crippen LogP contribution is -2.40. The second-order valence-electron chi connectivity index (χ2n) is 6.01. The number of aliphatic imine (C=N–C) groups is 1. The lowest BCUT2D eigenvalue weighted by atomic mass is 10.3. The summed E-state index contributed by atoms with van der Waals surface area (Å²) in [5.41, 5.74) is 2.07. The molecule has 7 nitrogen and oxygen atoms in total. The van der Waals surface area contributed by atoms with E-state index in [1.165, 1.54) is 0 Å². The normalized spacial score (nSPS) is 11.6. The Hall–Kier alpha value is -2.57. The molecule has 0 bridgehead atoms. The summed E-state index contributed by atoms with van der Waals surface area (Å²) in [6.07, 6.45) is 0.457.